The molecule has 0 aliphatic heterocycles. The first kappa shape index (κ1) is 13.1. The van der Waals surface area contributed by atoms with Crippen LogP contribution >= 0.6 is 11.6 Å². The molecular weight excluding hydrogens is 246 g/mol. The quantitative estimate of drug-likeness (QED) is 0.925. The highest BCUT2D eigenvalue weighted by Gasteiger charge is 2.13. The molecule has 0 fully saturated rings. The predicted octanol–water partition coefficient (Wildman–Crippen LogP) is 3.03. The second-order valence-electron chi connectivity index (χ2n) is 4.72. The van der Waals surface area contributed by atoms with Gasteiger partial charge in [-0.1, -0.05) is 17.7 Å². The van der Waals surface area contributed by atoms with Crippen LogP contribution in [0.3, 0.4) is 0 Å². The lowest BCUT2D eigenvalue weighted by Crippen LogP contribution is -2.18. The summed E-state index contributed by atoms with van der Waals surface area (Å²) in [5.74, 6) is 0. The Morgan fingerprint density at radius 2 is 2.11 bits per heavy atom. The summed E-state index contributed by atoms with van der Waals surface area (Å²) in [5, 5.41) is 5.29. The van der Waals surface area contributed by atoms with E-state index in [0.717, 1.165) is 23.5 Å². The fourth-order valence-electron chi connectivity index (χ4n) is 2.15. The number of hydrogen-bond acceptors (Lipinski definition) is 2. The fourth-order valence-corrected chi connectivity index (χ4v) is 2.34. The van der Waals surface area contributed by atoms with Crippen molar-refractivity contribution in [2.75, 3.05) is 0 Å². The first-order valence-corrected chi connectivity index (χ1v) is 6.43. The molecule has 2 aromatic rings. The average molecular weight is 264 g/mol. The number of nitrogens with two attached hydrogens (primary N) is 1. The Morgan fingerprint density at radius 1 is 1.39 bits per heavy atom. The minimum Gasteiger partial charge on any atom is -0.328 e. The molecule has 1 heterocycles. The largest absolute Gasteiger partial charge is 0.328 e. The van der Waals surface area contributed by atoms with Crippen molar-refractivity contribution in [3.63, 3.8) is 0 Å². The maximum Gasteiger partial charge on any atom is 0.0663 e. The Balaban J connectivity index is 2.47. The zero-order valence-electron chi connectivity index (χ0n) is 10.9. The summed E-state index contributed by atoms with van der Waals surface area (Å²) in [7, 11) is 0. The van der Waals surface area contributed by atoms with Gasteiger partial charge in [-0.15, -0.1) is 0 Å². The number of rotatable bonds is 3. The van der Waals surface area contributed by atoms with Gasteiger partial charge in [0, 0.05) is 16.8 Å². The molecule has 96 valence electrons. The van der Waals surface area contributed by atoms with Gasteiger partial charge in [0.05, 0.1) is 11.4 Å². The monoisotopic (exact) mass is 263 g/mol. The standard InChI is InChI=1S/C14H18ClN3/c1-9(16)7-14-10(2)17-18(11(14)3)13-6-4-5-12(15)8-13/h4-6,8-9H,7,16H2,1-3H3. The Kier molecular flexibility index (Phi) is 3.73. The van der Waals surface area contributed by atoms with Crippen LogP contribution in [-0.4, -0.2) is 15.8 Å². The summed E-state index contributed by atoms with van der Waals surface area (Å²) in [4.78, 5) is 0. The number of nitrogens with zero attached hydrogens (tertiary/aromatic N) is 2. The van der Waals surface area contributed by atoms with Crippen LogP contribution < -0.4 is 5.73 Å². The normalized spacial score (nSPS) is 12.7. The second-order valence-corrected chi connectivity index (χ2v) is 5.16. The molecule has 0 spiro atoms. The molecule has 3 nitrogen and oxygen atoms in total. The Morgan fingerprint density at radius 3 is 2.72 bits per heavy atom. The highest BCUT2D eigenvalue weighted by Crippen LogP contribution is 2.21. The number of aromatic nitrogens is 2. The van der Waals surface area contributed by atoms with E-state index in [4.69, 9.17) is 17.3 Å². The molecule has 0 saturated heterocycles. The van der Waals surface area contributed by atoms with E-state index in [0.29, 0.717) is 5.02 Å². The summed E-state index contributed by atoms with van der Waals surface area (Å²) < 4.78 is 1.93. The second kappa shape index (κ2) is 5.12. The maximum absolute atomic E-state index is 6.02. The van der Waals surface area contributed by atoms with Crippen LogP contribution in [0.5, 0.6) is 0 Å². The van der Waals surface area contributed by atoms with Crippen LogP contribution in [0.2, 0.25) is 5.02 Å². The first-order chi connectivity index (χ1) is 8.49. The molecule has 1 atom stereocenters. The fraction of sp³-hybridized carbons (Fsp3) is 0.357. The molecule has 0 amide bonds. The van der Waals surface area contributed by atoms with Crippen LogP contribution in [0.1, 0.15) is 23.9 Å². The van der Waals surface area contributed by atoms with Gasteiger partial charge in [-0.25, -0.2) is 4.68 Å². The summed E-state index contributed by atoms with van der Waals surface area (Å²) >= 11 is 6.02. The average Bonchev–Trinajstić information content (AvgIpc) is 2.56. The lowest BCUT2D eigenvalue weighted by molar-refractivity contribution is 0.730. The van der Waals surface area contributed by atoms with Crippen molar-refractivity contribution < 1.29 is 0 Å². The third-order valence-corrected chi connectivity index (χ3v) is 3.26. The van der Waals surface area contributed by atoms with Crippen molar-refractivity contribution in [3.8, 4) is 5.69 Å². The zero-order chi connectivity index (χ0) is 13.3. The molecule has 0 radical (unpaired) electrons. The topological polar surface area (TPSA) is 43.8 Å². The van der Waals surface area contributed by atoms with E-state index in [-0.39, 0.29) is 6.04 Å². The van der Waals surface area contributed by atoms with E-state index < -0.39 is 0 Å². The number of aryl methyl sites for hydroxylation is 1. The van der Waals surface area contributed by atoms with Crippen molar-refractivity contribution in [1.82, 2.24) is 9.78 Å². The molecule has 1 aromatic heterocycles. The summed E-state index contributed by atoms with van der Waals surface area (Å²) in [6.45, 7) is 6.10. The molecule has 4 heteroatoms. The third kappa shape index (κ3) is 2.57. The van der Waals surface area contributed by atoms with Gasteiger partial charge >= 0.3 is 0 Å². The van der Waals surface area contributed by atoms with Crippen LogP contribution in [0.25, 0.3) is 5.69 Å². The minimum atomic E-state index is 0.138. The smallest absolute Gasteiger partial charge is 0.0663 e. The lowest BCUT2D eigenvalue weighted by Gasteiger charge is -2.07. The van der Waals surface area contributed by atoms with Gasteiger partial charge in [-0.3, -0.25) is 0 Å². The number of hydrogen-bond donors (Lipinski definition) is 1. The van der Waals surface area contributed by atoms with Crippen molar-refractivity contribution in [3.05, 3.63) is 46.2 Å². The minimum absolute atomic E-state index is 0.138. The summed E-state index contributed by atoms with van der Waals surface area (Å²) in [5.41, 5.74) is 10.3. The van der Waals surface area contributed by atoms with E-state index in [1.807, 2.05) is 42.8 Å². The van der Waals surface area contributed by atoms with Crippen LogP contribution in [0.15, 0.2) is 24.3 Å². The van der Waals surface area contributed by atoms with Gasteiger partial charge in [0.25, 0.3) is 0 Å². The molecule has 0 aliphatic carbocycles. The molecular formula is C14H18ClN3. The molecule has 0 saturated carbocycles. The van der Waals surface area contributed by atoms with Crippen molar-refractivity contribution >= 4 is 11.6 Å². The van der Waals surface area contributed by atoms with E-state index in [1.54, 1.807) is 0 Å². The third-order valence-electron chi connectivity index (χ3n) is 3.02. The van der Waals surface area contributed by atoms with Gasteiger partial charge in [-0.2, -0.15) is 5.10 Å². The van der Waals surface area contributed by atoms with Gasteiger partial charge < -0.3 is 5.73 Å². The highest BCUT2D eigenvalue weighted by atomic mass is 35.5. The molecule has 18 heavy (non-hydrogen) atoms. The van der Waals surface area contributed by atoms with Crippen LogP contribution in [0.4, 0.5) is 0 Å². The zero-order valence-corrected chi connectivity index (χ0v) is 11.7. The molecule has 1 unspecified atom stereocenters. The Labute approximate surface area is 113 Å². The van der Waals surface area contributed by atoms with Gasteiger partial charge in [0.15, 0.2) is 0 Å². The van der Waals surface area contributed by atoms with Crippen LogP contribution in [-0.2, 0) is 6.42 Å². The van der Waals surface area contributed by atoms with Gasteiger partial charge in [-0.05, 0) is 51.0 Å². The number of benzene rings is 1. The van der Waals surface area contributed by atoms with E-state index in [2.05, 4.69) is 12.0 Å². The molecule has 0 bridgehead atoms. The molecule has 1 aromatic carbocycles. The molecule has 0 aliphatic rings. The van der Waals surface area contributed by atoms with Gasteiger partial charge in [0.2, 0.25) is 0 Å². The van der Waals surface area contributed by atoms with E-state index in [1.165, 1.54) is 5.56 Å². The summed E-state index contributed by atoms with van der Waals surface area (Å²) in [6.07, 6.45) is 0.845. The van der Waals surface area contributed by atoms with Crippen LogP contribution in [0, 0.1) is 13.8 Å². The Hall–Kier alpha value is -1.32. The first-order valence-electron chi connectivity index (χ1n) is 6.05. The lowest BCUT2D eigenvalue weighted by atomic mass is 10.1. The van der Waals surface area contributed by atoms with Gasteiger partial charge in [0.1, 0.15) is 0 Å². The molecule has 2 rings (SSSR count). The highest BCUT2D eigenvalue weighted by molar-refractivity contribution is 6.30. The van der Waals surface area contributed by atoms with E-state index in [9.17, 15) is 0 Å². The number of halogens is 1. The SMILES string of the molecule is Cc1nn(-c2cccc(Cl)c2)c(C)c1CC(C)N. The van der Waals surface area contributed by atoms with Crippen molar-refractivity contribution in [2.45, 2.75) is 33.2 Å². The summed E-state index contributed by atoms with van der Waals surface area (Å²) in [6, 6.07) is 7.84. The van der Waals surface area contributed by atoms with E-state index >= 15 is 0 Å². The van der Waals surface area contributed by atoms with Crippen molar-refractivity contribution in [1.29, 1.82) is 0 Å². The Bertz CT molecular complexity index is 558. The maximum atomic E-state index is 6.02. The van der Waals surface area contributed by atoms with Crippen molar-refractivity contribution in [2.24, 2.45) is 5.73 Å². The predicted molar refractivity (Wildman–Crippen MR) is 75.4 cm³/mol. The molecule has 2 N–H and O–H groups in total.